The largest absolute Gasteiger partial charge is 0.777 e. The molecule has 138 heavy (non-hydrogen) atoms. The van der Waals surface area contributed by atoms with Crippen molar-refractivity contribution in [1.82, 2.24) is 0 Å². The molecule has 18 unspecified atom stereocenters. The highest BCUT2D eigenvalue weighted by Gasteiger charge is 2.37. The second-order valence-electron chi connectivity index (χ2n) is 28.2. The molecule has 0 aliphatic rings. The molecule has 0 N–H and O–H groups in total. The summed E-state index contributed by atoms with van der Waals surface area (Å²) in [7, 11) is -24.1. The number of benzene rings is 12. The minimum Gasteiger partial charge on any atom is -0.777 e. The highest BCUT2D eigenvalue weighted by atomic mass is 32.2. The van der Waals surface area contributed by atoms with Crippen LogP contribution in [-0.2, 0) is 150 Å². The van der Waals surface area contributed by atoms with Crippen LogP contribution in [0.25, 0.3) is 64.6 Å². The third-order valence-electron chi connectivity index (χ3n) is 19.4. The van der Waals surface area contributed by atoms with Gasteiger partial charge in [0.15, 0.2) is 79.4 Å². The molecule has 0 aliphatic heterocycles. The number of hydrogen-bond donors (Lipinski definition) is 0. The molecule has 0 aliphatic carbocycles. The number of rotatable bonds is 24. The molecule has 0 radical (unpaired) electrons. The Bertz CT molecular complexity index is 4960. The van der Waals surface area contributed by atoms with Gasteiger partial charge in [0.05, 0.1) is 39.6 Å². The van der Waals surface area contributed by atoms with E-state index < -0.39 is 50.0 Å². The van der Waals surface area contributed by atoms with Gasteiger partial charge in [-0.1, -0.05) is 146 Å². The molecule has 756 valence electrons. The van der Waals surface area contributed by atoms with E-state index in [2.05, 4.69) is 220 Å². The molecule has 42 heteroatoms. The number of fused-ring (bicyclic) bond motifs is 6. The van der Waals surface area contributed by atoms with Gasteiger partial charge >= 0.3 is 35.8 Å². The van der Waals surface area contributed by atoms with Crippen molar-refractivity contribution >= 4 is 216 Å². The van der Waals surface area contributed by atoms with Gasteiger partial charge in [-0.25, -0.2) is 53.9 Å². The first kappa shape index (κ1) is 128. The fraction of sp³-hybridized carbons (Fsp3) is 0.312. The topological polar surface area (TPSA) is 399 Å². The Hall–Kier alpha value is -8.16. The van der Waals surface area contributed by atoms with Crippen LogP contribution < -0.4 is 29.4 Å². The Morgan fingerprint density at radius 1 is 0.217 bits per heavy atom. The van der Waals surface area contributed by atoms with Crippen LogP contribution >= 0.6 is 50.0 Å². The number of carbonyl (C=O) groups excluding carboxylic acids is 6. The van der Waals surface area contributed by atoms with E-state index in [9.17, 15) is 53.9 Å². The summed E-state index contributed by atoms with van der Waals surface area (Å²) < 4.78 is 141. The summed E-state index contributed by atoms with van der Waals surface area (Å²) in [5.41, 5.74) is 0. The summed E-state index contributed by atoms with van der Waals surface area (Å²) in [4.78, 5) is 129. The van der Waals surface area contributed by atoms with Gasteiger partial charge in [-0.2, -0.15) is 0 Å². The lowest BCUT2D eigenvalue weighted by molar-refractivity contribution is -0.175. The summed E-state index contributed by atoms with van der Waals surface area (Å²) >= 11 is 0. The van der Waals surface area contributed by atoms with Gasteiger partial charge in [0.25, 0.3) is 0 Å². The van der Waals surface area contributed by atoms with Gasteiger partial charge in [0.1, 0.15) is 37.5 Å². The van der Waals surface area contributed by atoms with E-state index in [-0.39, 0.29) is 133 Å². The van der Waals surface area contributed by atoms with Crippen molar-refractivity contribution in [1.29, 1.82) is 0 Å². The fourth-order valence-corrected chi connectivity index (χ4v) is 20.0. The molecule has 0 fully saturated rings. The fourth-order valence-electron chi connectivity index (χ4n) is 11.9. The van der Waals surface area contributed by atoms with E-state index in [0.29, 0.717) is 39.6 Å². The van der Waals surface area contributed by atoms with E-state index in [1.54, 1.807) is 0 Å². The molecule has 24 nitrogen and oxygen atoms in total. The zero-order valence-electron chi connectivity index (χ0n) is 79.5. The monoisotopic (exact) mass is 2150 g/mol. The Balaban J connectivity index is 0.000000788. The molecule has 12 aromatic rings. The maximum Gasteiger partial charge on any atom is 0.359 e. The number of esters is 6. The van der Waals surface area contributed by atoms with Crippen molar-refractivity contribution in [3.8, 4) is 0 Å². The Morgan fingerprint density at radius 2 is 0.312 bits per heavy atom. The van der Waals surface area contributed by atoms with Gasteiger partial charge in [0, 0.05) is 102 Å². The number of ether oxygens (including phenoxy) is 6. The minimum atomic E-state index is -3.88. The third-order valence-corrected chi connectivity index (χ3v) is 33.0. The van der Waals surface area contributed by atoms with Gasteiger partial charge < -0.3 is 85.2 Å². The molecule has 0 heterocycles. The molecule has 12 rings (SSSR count). The summed E-state index contributed by atoms with van der Waals surface area (Å²) in [5.74, 6) is -0.658. The smallest absolute Gasteiger partial charge is 0.359 e. The SMILES string of the molecule is CCOC(=O)C(C)[S+](C)c1ccc2ccccc2c1.CCOC(=O)C(C)[S+](C)c1ccc2ccccc2c1.CCOC(=O)C(C)[S+](C)c1ccc2ccccc2c1.CCOC(=O)C(C)[S+](C)c1ccc2ccccc2c1.CCOC(=O)C(C)[S+](C)c1ccc2ccccc2c1.CCOC(=O)C(C)[S+](C)c1ccc2ccccc2c1.O=[PH]([O-])F.O=[PH]([O-])F.O=[PH]([O-])F.O=[PH]([O-])F.O=[PH]([O-])F.O=[PH]([O-])F. The van der Waals surface area contributed by atoms with E-state index in [1.807, 2.05) is 156 Å². The molecule has 0 aromatic heterocycles. The van der Waals surface area contributed by atoms with Gasteiger partial charge in [-0.3, -0.25) is 0 Å². The maximum absolute atomic E-state index is 11.8. The molecule has 0 spiro atoms. The van der Waals surface area contributed by atoms with Crippen LogP contribution in [0.2, 0.25) is 0 Å². The molecule has 0 amide bonds. The van der Waals surface area contributed by atoms with Gasteiger partial charge in [0.2, 0.25) is 31.5 Å². The second kappa shape index (κ2) is 71.3. The second-order valence-corrected chi connectivity index (χ2v) is 44.8. The first-order chi connectivity index (χ1) is 65.2. The first-order valence-corrected chi connectivity index (χ1v) is 59.5. The number of carbonyl (C=O) groups is 6. The summed E-state index contributed by atoms with van der Waals surface area (Å²) in [6.45, 7) is 25.4. The molecule has 12 aromatic carbocycles. The summed E-state index contributed by atoms with van der Waals surface area (Å²) in [5, 5.41) is 14.1. The van der Waals surface area contributed by atoms with E-state index in [0.717, 1.165) is 0 Å². The standard InChI is InChI=1S/6C16H19O2S.6FH2O2P/c6*1-4-18-16(17)12(2)19(3)15-10-9-13-7-5-6-8-14(13)11-15;6*1-4(2)3/h6*5-12H,4H2,1-3H3;6*4H,(H,2,3)/q6*+1;;;;;;/p-6. The van der Waals surface area contributed by atoms with Crippen molar-refractivity contribution < 1.29 is 139 Å². The Morgan fingerprint density at radius 3 is 0.406 bits per heavy atom. The molecule has 0 bridgehead atoms. The zero-order chi connectivity index (χ0) is 104. The predicted octanol–water partition coefficient (Wildman–Crippen LogP) is 18.6. The normalized spacial score (nSPS) is 14.3. The predicted molar refractivity (Wildman–Crippen MR) is 550 cm³/mol. The highest BCUT2D eigenvalue weighted by Crippen LogP contribution is 2.31. The first-order valence-electron chi connectivity index (χ1n) is 42.2. The van der Waals surface area contributed by atoms with Crippen LogP contribution in [0.5, 0.6) is 0 Å². The number of halogens is 6. The maximum atomic E-state index is 11.8. The molecular formula is C96H120F6O24P6S6. The average Bonchev–Trinajstić information content (AvgIpc) is 0.848. The van der Waals surface area contributed by atoms with E-state index >= 15 is 0 Å². The van der Waals surface area contributed by atoms with Crippen molar-refractivity contribution in [3.05, 3.63) is 255 Å². The molecular weight excluding hydrogens is 2030 g/mol. The van der Waals surface area contributed by atoms with Crippen molar-refractivity contribution in [3.63, 3.8) is 0 Å². The van der Waals surface area contributed by atoms with Crippen molar-refractivity contribution in [2.45, 2.75) is 144 Å². The van der Waals surface area contributed by atoms with Crippen LogP contribution in [0.4, 0.5) is 25.2 Å². The van der Waals surface area contributed by atoms with Crippen LogP contribution in [0.15, 0.2) is 284 Å². The highest BCUT2D eigenvalue weighted by molar-refractivity contribution is 7.99. The Kier molecular flexibility index (Phi) is 66.1. The quantitative estimate of drug-likeness (QED) is 0.0178. The van der Waals surface area contributed by atoms with Crippen molar-refractivity contribution in [2.24, 2.45) is 0 Å². The van der Waals surface area contributed by atoms with E-state index in [4.69, 9.17) is 85.2 Å². The molecule has 0 saturated carbocycles. The molecule has 0 saturated heterocycles. The third kappa shape index (κ3) is 50.5. The minimum absolute atomic E-state index is 0.0962. The lowest BCUT2D eigenvalue weighted by Gasteiger charge is -2.11. The van der Waals surface area contributed by atoms with Crippen molar-refractivity contribution in [2.75, 3.05) is 77.2 Å². The number of hydrogen-bond acceptors (Lipinski definition) is 24. The zero-order valence-corrected chi connectivity index (χ0v) is 90.4. The van der Waals surface area contributed by atoms with Gasteiger partial charge in [-0.05, 0) is 221 Å². The van der Waals surface area contributed by atoms with Crippen LogP contribution in [0, 0.1) is 0 Å². The van der Waals surface area contributed by atoms with Crippen LogP contribution in [0.1, 0.15) is 83.1 Å². The van der Waals surface area contributed by atoms with E-state index in [1.165, 1.54) is 94.0 Å². The lowest BCUT2D eigenvalue weighted by Crippen LogP contribution is -2.28. The average molecular weight is 2150 g/mol. The summed E-state index contributed by atoms with van der Waals surface area (Å²) in [6, 6.07) is 88.1. The lowest BCUT2D eigenvalue weighted by atomic mass is 10.1. The summed E-state index contributed by atoms with van der Waals surface area (Å²) in [6.07, 6.45) is 12.6. The van der Waals surface area contributed by atoms with Gasteiger partial charge in [-0.15, -0.1) is 0 Å². The molecule has 18 atom stereocenters. The van der Waals surface area contributed by atoms with Crippen LogP contribution in [-0.4, -0.2) is 144 Å². The Labute approximate surface area is 824 Å². The van der Waals surface area contributed by atoms with Crippen LogP contribution in [0.3, 0.4) is 0 Å².